The van der Waals surface area contributed by atoms with Crippen LogP contribution >= 0.6 is 38.5 Å². The molecule has 0 amide bonds. The molecule has 1 aromatic carbocycles. The summed E-state index contributed by atoms with van der Waals surface area (Å²) in [7, 11) is 0. The van der Waals surface area contributed by atoms with Crippen molar-refractivity contribution in [3.8, 4) is 6.07 Å². The van der Waals surface area contributed by atoms with Crippen molar-refractivity contribution in [1.82, 2.24) is 0 Å². The van der Waals surface area contributed by atoms with Crippen molar-refractivity contribution in [2.45, 2.75) is 6.54 Å². The van der Waals surface area contributed by atoms with Gasteiger partial charge in [0.15, 0.2) is 3.77 Å². The van der Waals surface area contributed by atoms with E-state index in [-0.39, 0.29) is 0 Å². The Hall–Kier alpha value is -1.000. The van der Waals surface area contributed by atoms with Gasteiger partial charge in [-0.3, -0.25) is 0 Å². The van der Waals surface area contributed by atoms with E-state index in [9.17, 15) is 0 Å². The highest BCUT2D eigenvalue weighted by molar-refractivity contribution is 14.1. The van der Waals surface area contributed by atoms with Crippen molar-refractivity contribution < 1.29 is 4.42 Å². The number of anilines is 1. The lowest BCUT2D eigenvalue weighted by Crippen LogP contribution is -2.00. The zero-order valence-electron chi connectivity index (χ0n) is 8.71. The summed E-state index contributed by atoms with van der Waals surface area (Å²) in [4.78, 5) is 0. The molecule has 2 aromatic rings. The van der Waals surface area contributed by atoms with Gasteiger partial charge >= 0.3 is 0 Å². The van der Waals surface area contributed by atoms with E-state index < -0.39 is 0 Å². The van der Waals surface area contributed by atoms with Gasteiger partial charge in [-0.2, -0.15) is 5.26 Å². The summed E-state index contributed by atoms with van der Waals surface area (Å²) in [5.41, 5.74) is 1.42. The van der Waals surface area contributed by atoms with Crippen molar-refractivity contribution in [1.29, 1.82) is 5.26 Å². The van der Waals surface area contributed by atoms with Crippen molar-refractivity contribution >= 4 is 44.2 Å². The summed E-state index contributed by atoms with van der Waals surface area (Å²) in [6.07, 6.45) is 0. The minimum Gasteiger partial charge on any atom is -0.454 e. The van der Waals surface area contributed by atoms with Crippen molar-refractivity contribution in [2.24, 2.45) is 0 Å². The lowest BCUT2D eigenvalue weighted by molar-refractivity contribution is 0.493. The second-order valence-corrected chi connectivity index (χ2v) is 5.34. The van der Waals surface area contributed by atoms with Crippen LogP contribution in [0.5, 0.6) is 0 Å². The van der Waals surface area contributed by atoms with Crippen molar-refractivity contribution in [3.63, 3.8) is 0 Å². The molecule has 0 fully saturated rings. The highest BCUT2D eigenvalue weighted by Crippen LogP contribution is 2.21. The van der Waals surface area contributed by atoms with Gasteiger partial charge in [0, 0.05) is 4.47 Å². The van der Waals surface area contributed by atoms with Crippen LogP contribution in [0.25, 0.3) is 0 Å². The second kappa shape index (κ2) is 5.56. The quantitative estimate of drug-likeness (QED) is 0.785. The first-order valence-corrected chi connectivity index (χ1v) is 6.74. The van der Waals surface area contributed by atoms with Crippen LogP contribution in [0.4, 0.5) is 5.69 Å². The highest BCUT2D eigenvalue weighted by atomic mass is 127. The Bertz CT molecular complexity index is 574. The zero-order chi connectivity index (χ0) is 12.3. The maximum atomic E-state index is 9.01. The van der Waals surface area contributed by atoms with Gasteiger partial charge in [-0.25, -0.2) is 0 Å². The number of hydrogen-bond donors (Lipinski definition) is 1. The summed E-state index contributed by atoms with van der Waals surface area (Å²) >= 11 is 5.46. The number of benzene rings is 1. The van der Waals surface area contributed by atoms with Gasteiger partial charge in [-0.15, -0.1) is 0 Å². The largest absolute Gasteiger partial charge is 0.454 e. The monoisotopic (exact) mass is 402 g/mol. The van der Waals surface area contributed by atoms with E-state index >= 15 is 0 Å². The normalized spacial score (nSPS) is 9.94. The molecule has 0 aliphatic heterocycles. The minimum absolute atomic E-state index is 0.569. The Kier molecular flexibility index (Phi) is 4.07. The number of halogens is 2. The van der Waals surface area contributed by atoms with Crippen LogP contribution in [-0.4, -0.2) is 0 Å². The van der Waals surface area contributed by atoms with Crippen LogP contribution in [-0.2, 0) is 6.54 Å². The van der Waals surface area contributed by atoms with E-state index in [0.717, 1.165) is 19.7 Å². The van der Waals surface area contributed by atoms with Gasteiger partial charge in [0.1, 0.15) is 11.8 Å². The first kappa shape index (κ1) is 12.5. The molecule has 3 nitrogen and oxygen atoms in total. The predicted molar refractivity (Wildman–Crippen MR) is 77.6 cm³/mol. The van der Waals surface area contributed by atoms with Gasteiger partial charge in [0.05, 0.1) is 17.8 Å². The Morgan fingerprint density at radius 1 is 1.35 bits per heavy atom. The second-order valence-electron chi connectivity index (χ2n) is 3.36. The molecule has 1 N–H and O–H groups in total. The zero-order valence-corrected chi connectivity index (χ0v) is 12.4. The van der Waals surface area contributed by atoms with E-state index in [1.807, 2.05) is 24.3 Å². The van der Waals surface area contributed by atoms with E-state index in [2.05, 4.69) is 49.9 Å². The smallest absolute Gasteiger partial charge is 0.164 e. The van der Waals surface area contributed by atoms with E-state index in [0.29, 0.717) is 12.1 Å². The molecule has 0 aliphatic carbocycles. The number of nitrogens with one attached hydrogen (secondary N) is 1. The molecule has 0 atom stereocenters. The van der Waals surface area contributed by atoms with Crippen LogP contribution < -0.4 is 5.32 Å². The average Bonchev–Trinajstić information content (AvgIpc) is 2.73. The van der Waals surface area contributed by atoms with Gasteiger partial charge in [0.25, 0.3) is 0 Å². The molecule has 5 heteroatoms. The van der Waals surface area contributed by atoms with E-state index in [4.69, 9.17) is 9.68 Å². The van der Waals surface area contributed by atoms with Crippen LogP contribution in [0.2, 0.25) is 0 Å². The van der Waals surface area contributed by atoms with Crippen LogP contribution in [0.3, 0.4) is 0 Å². The Morgan fingerprint density at radius 2 is 2.18 bits per heavy atom. The SMILES string of the molecule is N#Cc1cc(Br)ccc1NCc1ccc(I)o1. The van der Waals surface area contributed by atoms with Gasteiger partial charge < -0.3 is 9.73 Å². The van der Waals surface area contributed by atoms with Gasteiger partial charge in [-0.1, -0.05) is 15.9 Å². The average molecular weight is 403 g/mol. The third-order valence-corrected chi connectivity index (χ3v) is 3.26. The third-order valence-electron chi connectivity index (χ3n) is 2.18. The standard InChI is InChI=1S/C12H8BrIN2O/c13-9-1-3-11(8(5-9)6-15)16-7-10-2-4-12(14)17-10/h1-5,16H,7H2. The van der Waals surface area contributed by atoms with Crippen molar-refractivity contribution in [2.75, 3.05) is 5.32 Å². The number of nitriles is 1. The summed E-state index contributed by atoms with van der Waals surface area (Å²) in [5.74, 6) is 0.848. The first-order valence-electron chi connectivity index (χ1n) is 4.87. The molecule has 0 spiro atoms. The Balaban J connectivity index is 2.12. The molecule has 0 saturated heterocycles. The first-order chi connectivity index (χ1) is 8.19. The molecule has 0 radical (unpaired) electrons. The number of rotatable bonds is 3. The fraction of sp³-hybridized carbons (Fsp3) is 0.0833. The fourth-order valence-electron chi connectivity index (χ4n) is 1.39. The number of furan rings is 1. The lowest BCUT2D eigenvalue weighted by atomic mass is 10.2. The number of hydrogen-bond acceptors (Lipinski definition) is 3. The molecule has 86 valence electrons. The Labute approximate surface area is 121 Å². The third kappa shape index (κ3) is 3.23. The molecule has 17 heavy (non-hydrogen) atoms. The summed E-state index contributed by atoms with van der Waals surface area (Å²) < 4.78 is 7.19. The molecule has 0 unspecified atom stereocenters. The fourth-order valence-corrected chi connectivity index (χ4v) is 2.22. The van der Waals surface area contributed by atoms with Gasteiger partial charge in [-0.05, 0) is 52.9 Å². The minimum atomic E-state index is 0.569. The molecule has 0 aliphatic rings. The molecule has 1 aromatic heterocycles. The molecule has 1 heterocycles. The summed E-state index contributed by atoms with van der Waals surface area (Å²) in [6, 6.07) is 11.5. The highest BCUT2D eigenvalue weighted by Gasteiger charge is 2.04. The van der Waals surface area contributed by atoms with Crippen LogP contribution in [0.1, 0.15) is 11.3 Å². The number of nitrogens with zero attached hydrogens (tertiary/aromatic N) is 1. The molecule has 2 rings (SSSR count). The van der Waals surface area contributed by atoms with Crippen molar-refractivity contribution in [3.05, 3.63) is 49.9 Å². The maximum Gasteiger partial charge on any atom is 0.164 e. The predicted octanol–water partition coefficient (Wildman–Crippen LogP) is 4.13. The Morgan fingerprint density at radius 3 is 2.82 bits per heavy atom. The molecule has 0 saturated carbocycles. The molecule has 0 bridgehead atoms. The van der Waals surface area contributed by atoms with Gasteiger partial charge in [0.2, 0.25) is 0 Å². The topological polar surface area (TPSA) is 49.0 Å². The lowest BCUT2D eigenvalue weighted by Gasteiger charge is -2.06. The molecular weight excluding hydrogens is 395 g/mol. The van der Waals surface area contributed by atoms with E-state index in [1.54, 1.807) is 6.07 Å². The summed E-state index contributed by atoms with van der Waals surface area (Å²) in [6.45, 7) is 0.569. The van der Waals surface area contributed by atoms with Crippen LogP contribution in [0, 0.1) is 15.1 Å². The maximum absolute atomic E-state index is 9.01. The molecular formula is C12H8BrIN2O. The summed E-state index contributed by atoms with van der Waals surface area (Å²) in [5, 5.41) is 12.2. The van der Waals surface area contributed by atoms with E-state index in [1.165, 1.54) is 0 Å². The van der Waals surface area contributed by atoms with Crippen LogP contribution in [0.15, 0.2) is 39.2 Å².